The first-order valence-electron chi connectivity index (χ1n) is 12.9. The lowest BCUT2D eigenvalue weighted by atomic mass is 9.94. The number of hydrogen-bond donors (Lipinski definition) is 3. The molecule has 1 saturated heterocycles. The Balaban J connectivity index is 2.03. The maximum Gasteiger partial charge on any atom is 0.254 e. The van der Waals surface area contributed by atoms with Gasteiger partial charge in [-0.05, 0) is 62.9 Å². The predicted octanol–water partition coefficient (Wildman–Crippen LogP) is 1.97. The number of aliphatic hydroxyl groups excluding tert-OH is 1. The van der Waals surface area contributed by atoms with E-state index < -0.39 is 6.10 Å². The third-order valence-electron chi connectivity index (χ3n) is 6.62. The predicted molar refractivity (Wildman–Crippen MR) is 140 cm³/mol. The average molecular weight is 508 g/mol. The number of nitrogens with zero attached hydrogens (tertiary/aromatic N) is 1. The third kappa shape index (κ3) is 8.73. The molecule has 1 aliphatic rings. The first-order chi connectivity index (χ1) is 17.2. The van der Waals surface area contributed by atoms with E-state index in [4.69, 9.17) is 14.2 Å². The molecule has 1 aromatic carbocycles. The number of ether oxygens (including phenoxy) is 3. The Bertz CT molecular complexity index is 832. The molecule has 9 nitrogen and oxygen atoms in total. The third-order valence-corrected chi connectivity index (χ3v) is 6.62. The normalized spacial score (nSPS) is 18.5. The van der Waals surface area contributed by atoms with Crippen LogP contribution in [0, 0.1) is 17.8 Å². The van der Waals surface area contributed by atoms with Crippen LogP contribution in [-0.2, 0) is 9.53 Å². The van der Waals surface area contributed by atoms with E-state index in [1.807, 2.05) is 32.6 Å². The Labute approximate surface area is 215 Å². The summed E-state index contributed by atoms with van der Waals surface area (Å²) in [7, 11) is 3.23. The Hall–Kier alpha value is -2.20. The Morgan fingerprint density at radius 2 is 1.83 bits per heavy atom. The van der Waals surface area contributed by atoms with Gasteiger partial charge in [0.05, 0.1) is 20.3 Å². The smallest absolute Gasteiger partial charge is 0.254 e. The minimum Gasteiger partial charge on any atom is -0.493 e. The summed E-state index contributed by atoms with van der Waals surface area (Å²) in [5, 5.41) is 16.6. The number of benzene rings is 1. The largest absolute Gasteiger partial charge is 0.493 e. The number of nitrogens with one attached hydrogen (secondary N) is 2. The fourth-order valence-electron chi connectivity index (χ4n) is 4.35. The molecule has 3 atom stereocenters. The van der Waals surface area contributed by atoms with Crippen molar-refractivity contribution in [2.45, 2.75) is 46.3 Å². The topological polar surface area (TPSA) is 109 Å². The minimum absolute atomic E-state index is 0.0163. The zero-order chi connectivity index (χ0) is 26.7. The molecule has 1 fully saturated rings. The number of hydrogen-bond acceptors (Lipinski definition) is 8. The van der Waals surface area contributed by atoms with Crippen LogP contribution in [0.15, 0.2) is 18.2 Å². The van der Waals surface area contributed by atoms with Crippen LogP contribution in [-0.4, -0.2) is 94.0 Å². The molecule has 2 rings (SSSR count). The number of carbonyl (C=O) groups is 2. The van der Waals surface area contributed by atoms with Gasteiger partial charge >= 0.3 is 0 Å². The van der Waals surface area contributed by atoms with Crippen LogP contribution in [0.2, 0.25) is 0 Å². The summed E-state index contributed by atoms with van der Waals surface area (Å²) < 4.78 is 16.4. The lowest BCUT2D eigenvalue weighted by molar-refractivity contribution is -0.128. The molecule has 0 saturated carbocycles. The van der Waals surface area contributed by atoms with Gasteiger partial charge in [0.15, 0.2) is 17.3 Å². The van der Waals surface area contributed by atoms with Gasteiger partial charge in [-0.25, -0.2) is 0 Å². The quantitative estimate of drug-likeness (QED) is 0.292. The fraction of sp³-hybridized carbons (Fsp3) is 0.704. The summed E-state index contributed by atoms with van der Waals surface area (Å²) in [6.45, 7) is 11.8. The van der Waals surface area contributed by atoms with Gasteiger partial charge in [-0.15, -0.1) is 0 Å². The van der Waals surface area contributed by atoms with Crippen molar-refractivity contribution in [1.82, 2.24) is 15.5 Å². The number of methoxy groups -OCH3 is 2. The van der Waals surface area contributed by atoms with Crippen molar-refractivity contribution >= 4 is 11.7 Å². The molecule has 0 spiro atoms. The number of aliphatic hydroxyl groups is 1. The van der Waals surface area contributed by atoms with E-state index in [1.165, 1.54) is 0 Å². The second-order valence-corrected chi connectivity index (χ2v) is 10.1. The van der Waals surface area contributed by atoms with Crippen LogP contribution in [0.1, 0.15) is 44.5 Å². The highest BCUT2D eigenvalue weighted by Crippen LogP contribution is 2.29. The molecule has 1 amide bonds. The van der Waals surface area contributed by atoms with Gasteiger partial charge in [-0.3, -0.25) is 9.59 Å². The molecule has 0 bridgehead atoms. The molecule has 1 heterocycles. The number of Topliss-reactive ketones (excluding diaryl/α,β-unsaturated/α-hetero) is 1. The van der Waals surface area contributed by atoms with E-state index in [9.17, 15) is 14.7 Å². The lowest BCUT2D eigenvalue weighted by Crippen LogP contribution is -2.44. The molecule has 0 aromatic heterocycles. The minimum atomic E-state index is -0.942. The van der Waals surface area contributed by atoms with E-state index in [0.29, 0.717) is 43.4 Å². The van der Waals surface area contributed by atoms with Crippen molar-refractivity contribution in [2.24, 2.45) is 17.8 Å². The molecule has 0 unspecified atom stereocenters. The molecule has 0 radical (unpaired) electrons. The van der Waals surface area contributed by atoms with E-state index in [-0.39, 0.29) is 42.0 Å². The highest BCUT2D eigenvalue weighted by atomic mass is 16.5. The molecule has 9 heteroatoms. The van der Waals surface area contributed by atoms with Crippen molar-refractivity contribution in [3.63, 3.8) is 0 Å². The summed E-state index contributed by atoms with van der Waals surface area (Å²) in [6.07, 6.45) is -0.204. The molecule has 1 aromatic rings. The van der Waals surface area contributed by atoms with Gasteiger partial charge in [0.2, 0.25) is 0 Å². The first-order valence-corrected chi connectivity index (χ1v) is 12.9. The van der Waals surface area contributed by atoms with E-state index in [0.717, 1.165) is 19.5 Å². The molecule has 3 N–H and O–H groups in total. The van der Waals surface area contributed by atoms with Gasteiger partial charge in [0.25, 0.3) is 5.91 Å². The van der Waals surface area contributed by atoms with Gasteiger partial charge in [0.1, 0.15) is 6.10 Å². The van der Waals surface area contributed by atoms with Crippen LogP contribution in [0.5, 0.6) is 11.5 Å². The van der Waals surface area contributed by atoms with Gasteiger partial charge < -0.3 is 34.9 Å². The number of amides is 1. The summed E-state index contributed by atoms with van der Waals surface area (Å²) in [4.78, 5) is 27.6. The first kappa shape index (κ1) is 30.0. The second kappa shape index (κ2) is 15.1. The summed E-state index contributed by atoms with van der Waals surface area (Å²) in [5.41, 5.74) is 0.556. The van der Waals surface area contributed by atoms with Crippen LogP contribution in [0.4, 0.5) is 0 Å². The van der Waals surface area contributed by atoms with Crippen LogP contribution in [0.25, 0.3) is 0 Å². The van der Waals surface area contributed by atoms with Crippen LogP contribution < -0.4 is 20.1 Å². The maximum absolute atomic E-state index is 13.6. The summed E-state index contributed by atoms with van der Waals surface area (Å²) in [6, 6.07) is 5.31. The number of ketones is 1. The molecule has 0 aliphatic carbocycles. The zero-order valence-electron chi connectivity index (χ0n) is 22.7. The van der Waals surface area contributed by atoms with Gasteiger partial charge in [0, 0.05) is 44.8 Å². The Morgan fingerprint density at radius 3 is 2.47 bits per heavy atom. The van der Waals surface area contributed by atoms with Gasteiger partial charge in [-0.1, -0.05) is 13.8 Å². The molecule has 1 aliphatic heterocycles. The molecular weight excluding hydrogens is 462 g/mol. The summed E-state index contributed by atoms with van der Waals surface area (Å²) >= 11 is 0. The van der Waals surface area contributed by atoms with Crippen molar-refractivity contribution in [3.8, 4) is 11.5 Å². The van der Waals surface area contributed by atoms with Crippen LogP contribution in [0.3, 0.4) is 0 Å². The average Bonchev–Trinajstić information content (AvgIpc) is 3.30. The molecular formula is C27H45N3O6. The van der Waals surface area contributed by atoms with Gasteiger partial charge in [-0.2, -0.15) is 0 Å². The monoisotopic (exact) mass is 507 g/mol. The number of carbonyl (C=O) groups excluding carboxylic acids is 2. The molecule has 36 heavy (non-hydrogen) atoms. The Kier molecular flexibility index (Phi) is 12.6. The zero-order valence-corrected chi connectivity index (χ0v) is 22.7. The molecule has 204 valence electrons. The summed E-state index contributed by atoms with van der Waals surface area (Å²) in [5.74, 6) is 1.31. The van der Waals surface area contributed by atoms with Crippen molar-refractivity contribution in [2.75, 3.05) is 60.2 Å². The van der Waals surface area contributed by atoms with Crippen molar-refractivity contribution in [1.29, 1.82) is 0 Å². The highest BCUT2D eigenvalue weighted by molar-refractivity contribution is 5.95. The SMILES string of the molecule is COCCCOc1cc(C(=O)N(C[C@@H]2CNC[C@H]2CNCC(=O)[C@@H](O)C(C)C)C(C)C)ccc1OC. The standard InChI is InChI=1S/C27H45N3O6/c1-18(2)26(32)23(31)16-29-14-21-13-28-15-22(21)17-30(19(3)4)27(33)20-8-9-24(35-6)25(12-20)36-11-7-10-34-5/h8-9,12,18-19,21-22,26,28-29,32H,7,10-11,13-17H2,1-6H3/t21-,22-,26-/m0/s1. The van der Waals surface area contributed by atoms with Crippen molar-refractivity contribution in [3.05, 3.63) is 23.8 Å². The second-order valence-electron chi connectivity index (χ2n) is 10.1. The Morgan fingerprint density at radius 1 is 1.11 bits per heavy atom. The van der Waals surface area contributed by atoms with Crippen molar-refractivity contribution < 1.29 is 28.9 Å². The van der Waals surface area contributed by atoms with E-state index >= 15 is 0 Å². The number of rotatable bonds is 16. The fourth-order valence-corrected chi connectivity index (χ4v) is 4.35. The lowest BCUT2D eigenvalue weighted by Gasteiger charge is -2.32. The van der Waals surface area contributed by atoms with E-state index in [2.05, 4.69) is 10.6 Å². The maximum atomic E-state index is 13.6. The highest BCUT2D eigenvalue weighted by Gasteiger charge is 2.32. The van der Waals surface area contributed by atoms with Crippen LogP contribution >= 0.6 is 0 Å². The van der Waals surface area contributed by atoms with E-state index in [1.54, 1.807) is 32.4 Å².